The largest absolute Gasteiger partial charge is 0.493 e. The molecule has 0 aliphatic rings. The number of isocyanates is 1. The Balaban J connectivity index is 2.83. The summed E-state index contributed by atoms with van der Waals surface area (Å²) in [6.07, 6.45) is 1.49. The molecule has 0 radical (unpaired) electrons. The monoisotopic (exact) mass is 223 g/mol. The lowest BCUT2D eigenvalue weighted by molar-refractivity contribution is 0.0491. The highest BCUT2D eigenvalue weighted by molar-refractivity contribution is 5.43. The first-order valence-electron chi connectivity index (χ1n) is 4.64. The van der Waals surface area contributed by atoms with Gasteiger partial charge in [-0.25, -0.2) is 9.79 Å². The highest BCUT2D eigenvalue weighted by Gasteiger charge is 2.05. The van der Waals surface area contributed by atoms with Crippen molar-refractivity contribution in [2.75, 3.05) is 21.0 Å². The second-order valence-corrected chi connectivity index (χ2v) is 2.94. The molecule has 0 aliphatic carbocycles. The zero-order valence-electron chi connectivity index (χ0n) is 9.23. The van der Waals surface area contributed by atoms with Crippen LogP contribution in [0.5, 0.6) is 11.5 Å². The number of rotatable bonds is 6. The van der Waals surface area contributed by atoms with Crippen LogP contribution in [-0.4, -0.2) is 27.1 Å². The molecule has 1 aromatic carbocycles. The van der Waals surface area contributed by atoms with Gasteiger partial charge in [-0.15, -0.1) is 0 Å². The Bertz CT molecular complexity index is 386. The summed E-state index contributed by atoms with van der Waals surface area (Å²) >= 11 is 0. The number of nitrogens with zero attached hydrogens (tertiary/aromatic N) is 1. The molecule has 0 bridgehead atoms. The van der Waals surface area contributed by atoms with Gasteiger partial charge in [0.1, 0.15) is 0 Å². The van der Waals surface area contributed by atoms with Crippen molar-refractivity contribution in [2.24, 2.45) is 4.99 Å². The first kappa shape index (κ1) is 12.2. The quantitative estimate of drug-likeness (QED) is 0.416. The molecule has 5 heteroatoms. The highest BCUT2D eigenvalue weighted by atomic mass is 16.7. The summed E-state index contributed by atoms with van der Waals surface area (Å²) in [7, 11) is 3.08. The molecule has 1 aromatic rings. The van der Waals surface area contributed by atoms with Gasteiger partial charge in [0, 0.05) is 7.11 Å². The van der Waals surface area contributed by atoms with Gasteiger partial charge in [0.05, 0.1) is 13.7 Å². The maximum atomic E-state index is 9.98. The third kappa shape index (κ3) is 3.38. The smallest absolute Gasteiger partial charge is 0.235 e. The number of benzene rings is 1. The molecule has 0 N–H and O–H groups in total. The Morgan fingerprint density at radius 3 is 2.75 bits per heavy atom. The minimum Gasteiger partial charge on any atom is -0.493 e. The molecule has 0 atom stereocenters. The van der Waals surface area contributed by atoms with Crippen molar-refractivity contribution in [3.63, 3.8) is 0 Å². The van der Waals surface area contributed by atoms with Crippen molar-refractivity contribution in [3.05, 3.63) is 23.8 Å². The van der Waals surface area contributed by atoms with Gasteiger partial charge in [0.2, 0.25) is 6.08 Å². The molecule has 86 valence electrons. The predicted octanol–water partition coefficient (Wildman–Crippen LogP) is 1.51. The van der Waals surface area contributed by atoms with Crippen LogP contribution in [0.4, 0.5) is 0 Å². The molecule has 0 amide bonds. The van der Waals surface area contributed by atoms with E-state index in [9.17, 15) is 4.79 Å². The Morgan fingerprint density at radius 2 is 2.12 bits per heavy atom. The van der Waals surface area contributed by atoms with E-state index in [1.807, 2.05) is 0 Å². The molecule has 0 aromatic heterocycles. The van der Waals surface area contributed by atoms with E-state index in [1.54, 1.807) is 32.4 Å². The van der Waals surface area contributed by atoms with E-state index in [0.29, 0.717) is 11.5 Å². The maximum Gasteiger partial charge on any atom is 0.235 e. The molecule has 0 aliphatic heterocycles. The first-order valence-corrected chi connectivity index (χ1v) is 4.64. The molecule has 1 rings (SSSR count). The third-order valence-corrected chi connectivity index (χ3v) is 1.89. The zero-order chi connectivity index (χ0) is 11.8. The molecular weight excluding hydrogens is 210 g/mol. The van der Waals surface area contributed by atoms with Gasteiger partial charge in [-0.1, -0.05) is 6.07 Å². The molecule has 5 nitrogen and oxygen atoms in total. The van der Waals surface area contributed by atoms with E-state index in [0.717, 1.165) is 5.56 Å². The Morgan fingerprint density at radius 1 is 1.31 bits per heavy atom. The van der Waals surface area contributed by atoms with Crippen LogP contribution in [0.25, 0.3) is 0 Å². The molecule has 0 heterocycles. The lowest BCUT2D eigenvalue weighted by atomic mass is 10.2. The van der Waals surface area contributed by atoms with Crippen LogP contribution in [0, 0.1) is 0 Å². The van der Waals surface area contributed by atoms with Gasteiger partial charge < -0.3 is 14.2 Å². The topological polar surface area (TPSA) is 57.1 Å². The summed E-state index contributed by atoms with van der Waals surface area (Å²) in [6.45, 7) is 0.437. The number of ether oxygens (including phenoxy) is 3. The fourth-order valence-electron chi connectivity index (χ4n) is 1.18. The van der Waals surface area contributed by atoms with E-state index >= 15 is 0 Å². The second-order valence-electron chi connectivity index (χ2n) is 2.94. The summed E-state index contributed by atoms with van der Waals surface area (Å²) in [6, 6.07) is 5.30. The highest BCUT2D eigenvalue weighted by Crippen LogP contribution is 2.28. The average molecular weight is 223 g/mol. The molecule has 0 unspecified atom stereocenters. The predicted molar refractivity (Wildman–Crippen MR) is 57.3 cm³/mol. The van der Waals surface area contributed by atoms with E-state index < -0.39 is 0 Å². The van der Waals surface area contributed by atoms with Crippen LogP contribution in [0.3, 0.4) is 0 Å². The van der Waals surface area contributed by atoms with Crippen molar-refractivity contribution < 1.29 is 19.0 Å². The summed E-state index contributed by atoms with van der Waals surface area (Å²) in [5.41, 5.74) is 0.852. The minimum atomic E-state index is 0.155. The van der Waals surface area contributed by atoms with Crippen molar-refractivity contribution in [1.82, 2.24) is 0 Å². The maximum absolute atomic E-state index is 9.98. The molecule has 0 spiro atoms. The molecule has 0 fully saturated rings. The lowest BCUT2D eigenvalue weighted by Crippen LogP contribution is -2.01. The van der Waals surface area contributed by atoms with Crippen LogP contribution in [0.1, 0.15) is 5.56 Å². The van der Waals surface area contributed by atoms with Crippen LogP contribution >= 0.6 is 0 Å². The van der Waals surface area contributed by atoms with Crippen LogP contribution in [0.15, 0.2) is 23.2 Å². The van der Waals surface area contributed by atoms with Crippen molar-refractivity contribution in [2.45, 2.75) is 6.54 Å². The Hall–Kier alpha value is -1.84. The third-order valence-electron chi connectivity index (χ3n) is 1.89. The Labute approximate surface area is 93.7 Å². The van der Waals surface area contributed by atoms with E-state index in [2.05, 4.69) is 4.99 Å². The minimum absolute atomic E-state index is 0.155. The second kappa shape index (κ2) is 6.61. The van der Waals surface area contributed by atoms with Crippen LogP contribution in [-0.2, 0) is 16.1 Å². The number of hydrogen-bond donors (Lipinski definition) is 0. The zero-order valence-corrected chi connectivity index (χ0v) is 9.23. The van der Waals surface area contributed by atoms with Crippen molar-refractivity contribution in [3.8, 4) is 11.5 Å². The van der Waals surface area contributed by atoms with E-state index in [-0.39, 0.29) is 13.3 Å². The average Bonchev–Trinajstić information content (AvgIpc) is 2.34. The van der Waals surface area contributed by atoms with Gasteiger partial charge in [-0.2, -0.15) is 0 Å². The SMILES string of the molecule is COCOc1ccc(CN=C=O)cc1OC. The normalized spacial score (nSPS) is 9.38. The number of hydrogen-bond acceptors (Lipinski definition) is 5. The number of aliphatic imine (C=N–C) groups is 1. The van der Waals surface area contributed by atoms with Crippen molar-refractivity contribution in [1.29, 1.82) is 0 Å². The summed E-state index contributed by atoms with van der Waals surface area (Å²) in [5.74, 6) is 1.17. The lowest BCUT2D eigenvalue weighted by Gasteiger charge is -2.10. The summed E-state index contributed by atoms with van der Waals surface area (Å²) in [4.78, 5) is 13.5. The van der Waals surface area contributed by atoms with Gasteiger partial charge in [-0.3, -0.25) is 0 Å². The first-order chi connectivity index (χ1) is 7.81. The van der Waals surface area contributed by atoms with Crippen molar-refractivity contribution >= 4 is 6.08 Å². The van der Waals surface area contributed by atoms with E-state index in [1.165, 1.54) is 6.08 Å². The van der Waals surface area contributed by atoms with E-state index in [4.69, 9.17) is 14.2 Å². The number of carbonyl (C=O) groups excluding carboxylic acids is 1. The molecule has 16 heavy (non-hydrogen) atoms. The molecular formula is C11H13NO4. The Kier molecular flexibility index (Phi) is 5.05. The molecule has 0 saturated heterocycles. The summed E-state index contributed by atoms with van der Waals surface area (Å²) in [5, 5.41) is 0. The fraction of sp³-hybridized carbons (Fsp3) is 0.364. The van der Waals surface area contributed by atoms with Gasteiger partial charge >= 0.3 is 0 Å². The fourth-order valence-corrected chi connectivity index (χ4v) is 1.18. The summed E-state index contributed by atoms with van der Waals surface area (Å²) < 4.78 is 15.2. The van der Waals surface area contributed by atoms with Crippen LogP contribution in [0.2, 0.25) is 0 Å². The van der Waals surface area contributed by atoms with Gasteiger partial charge in [-0.05, 0) is 17.7 Å². The number of methoxy groups -OCH3 is 2. The molecule has 0 saturated carbocycles. The standard InChI is InChI=1S/C11H13NO4/c1-14-8-16-10-4-3-9(6-12-7-13)5-11(10)15-2/h3-5H,6,8H2,1-2H3. The van der Waals surface area contributed by atoms with Crippen LogP contribution < -0.4 is 9.47 Å². The van der Waals surface area contributed by atoms with Gasteiger partial charge in [0.25, 0.3) is 0 Å². The van der Waals surface area contributed by atoms with Gasteiger partial charge in [0.15, 0.2) is 18.3 Å².